The molecule has 8 nitrogen and oxygen atoms in total. The fraction of sp³-hybridized carbons (Fsp3) is 0.294. The molecule has 3 rings (SSSR count). The van der Waals surface area contributed by atoms with Gasteiger partial charge in [-0.25, -0.2) is 13.1 Å². The Hall–Kier alpha value is -2.65. The van der Waals surface area contributed by atoms with Crippen LogP contribution in [0.4, 0.5) is 0 Å². The highest BCUT2D eigenvalue weighted by Gasteiger charge is 2.17. The molecule has 0 unspecified atom stereocenters. The second kappa shape index (κ2) is 7.71. The van der Waals surface area contributed by atoms with Gasteiger partial charge in [0.1, 0.15) is 12.4 Å². The molecular formula is C17H19NO7S. The lowest BCUT2D eigenvalue weighted by Gasteiger charge is -2.11. The van der Waals surface area contributed by atoms with Gasteiger partial charge in [0.15, 0.2) is 23.0 Å². The molecule has 0 spiro atoms. The van der Waals surface area contributed by atoms with Gasteiger partial charge >= 0.3 is 0 Å². The maximum Gasteiger partial charge on any atom is 0.240 e. The van der Waals surface area contributed by atoms with Crippen molar-refractivity contribution in [1.82, 2.24) is 4.72 Å². The number of sulfonamides is 1. The van der Waals surface area contributed by atoms with E-state index in [-0.39, 0.29) is 24.8 Å². The van der Waals surface area contributed by atoms with Crippen LogP contribution in [0.15, 0.2) is 41.3 Å². The number of methoxy groups -OCH3 is 2. The molecule has 0 atom stereocenters. The van der Waals surface area contributed by atoms with Gasteiger partial charge in [0.05, 0.1) is 19.1 Å². The van der Waals surface area contributed by atoms with Crippen molar-refractivity contribution in [2.24, 2.45) is 0 Å². The number of fused-ring (bicyclic) bond motifs is 1. The van der Waals surface area contributed by atoms with Gasteiger partial charge in [-0.1, -0.05) is 0 Å². The normalized spacial score (nSPS) is 12.7. The number of rotatable bonds is 8. The molecule has 0 amide bonds. The summed E-state index contributed by atoms with van der Waals surface area (Å²) in [6.45, 7) is 0.446. The summed E-state index contributed by atoms with van der Waals surface area (Å²) in [5.41, 5.74) is 0. The lowest BCUT2D eigenvalue weighted by atomic mass is 10.3. The average molecular weight is 381 g/mol. The summed E-state index contributed by atoms with van der Waals surface area (Å²) < 4.78 is 53.5. The summed E-state index contributed by atoms with van der Waals surface area (Å²) >= 11 is 0. The quantitative estimate of drug-likeness (QED) is 0.697. The van der Waals surface area contributed by atoms with Gasteiger partial charge in [-0.15, -0.1) is 0 Å². The minimum atomic E-state index is -3.69. The summed E-state index contributed by atoms with van der Waals surface area (Å²) in [6.07, 6.45) is 0. The molecule has 0 radical (unpaired) electrons. The molecule has 0 saturated heterocycles. The van der Waals surface area contributed by atoms with Gasteiger partial charge in [0, 0.05) is 18.7 Å². The SMILES string of the molecule is COc1ccc(S(=O)(=O)NCCOc2ccc3c(c2)OCO3)cc1OC. The topological polar surface area (TPSA) is 92.3 Å². The zero-order valence-electron chi connectivity index (χ0n) is 14.4. The van der Waals surface area contributed by atoms with E-state index in [0.717, 1.165) is 0 Å². The Morgan fingerprint density at radius 2 is 1.77 bits per heavy atom. The van der Waals surface area contributed by atoms with Crippen molar-refractivity contribution in [2.75, 3.05) is 34.2 Å². The molecule has 0 aromatic heterocycles. The molecule has 0 aliphatic carbocycles. The highest BCUT2D eigenvalue weighted by atomic mass is 32.2. The van der Waals surface area contributed by atoms with Gasteiger partial charge in [0.2, 0.25) is 16.8 Å². The third kappa shape index (κ3) is 3.94. The smallest absolute Gasteiger partial charge is 0.240 e. The van der Waals surface area contributed by atoms with Crippen molar-refractivity contribution in [3.8, 4) is 28.7 Å². The second-order valence-corrected chi connectivity index (χ2v) is 7.05. The molecule has 140 valence electrons. The van der Waals surface area contributed by atoms with E-state index < -0.39 is 10.0 Å². The van der Waals surface area contributed by atoms with Crippen LogP contribution in [0.2, 0.25) is 0 Å². The first kappa shape index (κ1) is 18.2. The fourth-order valence-corrected chi connectivity index (χ4v) is 3.41. The first-order chi connectivity index (χ1) is 12.5. The Morgan fingerprint density at radius 3 is 2.54 bits per heavy atom. The first-order valence-electron chi connectivity index (χ1n) is 7.77. The predicted molar refractivity (Wildman–Crippen MR) is 92.8 cm³/mol. The lowest BCUT2D eigenvalue weighted by molar-refractivity contribution is 0.173. The zero-order valence-corrected chi connectivity index (χ0v) is 15.2. The monoisotopic (exact) mass is 381 g/mol. The van der Waals surface area contributed by atoms with E-state index >= 15 is 0 Å². The minimum Gasteiger partial charge on any atom is -0.493 e. The molecule has 2 aromatic rings. The van der Waals surface area contributed by atoms with Crippen molar-refractivity contribution in [3.05, 3.63) is 36.4 Å². The largest absolute Gasteiger partial charge is 0.493 e. The molecule has 26 heavy (non-hydrogen) atoms. The molecule has 0 fully saturated rings. The van der Waals surface area contributed by atoms with Crippen LogP contribution in [-0.4, -0.2) is 42.6 Å². The third-order valence-corrected chi connectivity index (χ3v) is 5.13. The van der Waals surface area contributed by atoms with Crippen molar-refractivity contribution in [3.63, 3.8) is 0 Å². The van der Waals surface area contributed by atoms with Gasteiger partial charge in [-0.2, -0.15) is 0 Å². The maximum absolute atomic E-state index is 12.4. The zero-order chi connectivity index (χ0) is 18.6. The van der Waals surface area contributed by atoms with E-state index in [0.29, 0.717) is 28.7 Å². The summed E-state index contributed by atoms with van der Waals surface area (Å²) in [4.78, 5) is 0.0817. The predicted octanol–water partition coefficient (Wildman–Crippen LogP) is 1.79. The molecule has 1 aliphatic rings. The molecule has 1 heterocycles. The summed E-state index contributed by atoms with van der Waals surface area (Å²) in [5, 5.41) is 0. The molecule has 0 saturated carbocycles. The Labute approximate surface area is 151 Å². The summed E-state index contributed by atoms with van der Waals surface area (Å²) in [6, 6.07) is 9.56. The molecular weight excluding hydrogens is 362 g/mol. The molecule has 9 heteroatoms. The van der Waals surface area contributed by atoms with Crippen molar-refractivity contribution < 1.29 is 32.1 Å². The van der Waals surface area contributed by atoms with Gasteiger partial charge in [-0.05, 0) is 24.3 Å². The van der Waals surface area contributed by atoms with Gasteiger partial charge < -0.3 is 23.7 Å². The van der Waals surface area contributed by atoms with Crippen LogP contribution in [0.1, 0.15) is 0 Å². The van der Waals surface area contributed by atoms with Crippen molar-refractivity contribution in [1.29, 1.82) is 0 Å². The number of ether oxygens (including phenoxy) is 5. The van der Waals surface area contributed by atoms with E-state index in [4.69, 9.17) is 23.7 Å². The lowest BCUT2D eigenvalue weighted by Crippen LogP contribution is -2.28. The van der Waals surface area contributed by atoms with E-state index in [1.807, 2.05) is 0 Å². The second-order valence-electron chi connectivity index (χ2n) is 5.28. The number of hydrogen-bond acceptors (Lipinski definition) is 7. The minimum absolute atomic E-state index is 0.0817. The van der Waals surface area contributed by atoms with E-state index in [2.05, 4.69) is 4.72 Å². The van der Waals surface area contributed by atoms with Crippen LogP contribution in [0.3, 0.4) is 0 Å². The van der Waals surface area contributed by atoms with Crippen LogP contribution in [0.25, 0.3) is 0 Å². The number of nitrogens with one attached hydrogen (secondary N) is 1. The standard InChI is InChI=1S/C17H19NO7S/c1-21-14-6-4-13(10-16(14)22-2)26(19,20)18-7-8-23-12-3-5-15-17(9-12)25-11-24-15/h3-6,9-10,18H,7-8,11H2,1-2H3. The van der Waals surface area contributed by atoms with Gasteiger partial charge in [0.25, 0.3) is 0 Å². The fourth-order valence-electron chi connectivity index (χ4n) is 2.38. The van der Waals surface area contributed by atoms with Crippen molar-refractivity contribution in [2.45, 2.75) is 4.90 Å². The van der Waals surface area contributed by atoms with Crippen LogP contribution in [-0.2, 0) is 10.0 Å². The highest BCUT2D eigenvalue weighted by molar-refractivity contribution is 7.89. The van der Waals surface area contributed by atoms with Crippen LogP contribution >= 0.6 is 0 Å². The molecule has 1 aliphatic heterocycles. The third-order valence-electron chi connectivity index (χ3n) is 3.67. The van der Waals surface area contributed by atoms with Crippen molar-refractivity contribution >= 4 is 10.0 Å². The van der Waals surface area contributed by atoms with Crippen LogP contribution < -0.4 is 28.4 Å². The van der Waals surface area contributed by atoms with Crippen LogP contribution in [0.5, 0.6) is 28.7 Å². The average Bonchev–Trinajstić information content (AvgIpc) is 3.12. The van der Waals surface area contributed by atoms with E-state index in [9.17, 15) is 8.42 Å². The Bertz CT molecular complexity index is 883. The summed E-state index contributed by atoms with van der Waals surface area (Å²) in [7, 11) is -0.763. The Morgan fingerprint density at radius 1 is 1.00 bits per heavy atom. The number of hydrogen-bond donors (Lipinski definition) is 1. The Kier molecular flexibility index (Phi) is 5.38. The van der Waals surface area contributed by atoms with E-state index in [1.54, 1.807) is 18.2 Å². The van der Waals surface area contributed by atoms with Crippen LogP contribution in [0, 0.1) is 0 Å². The first-order valence-corrected chi connectivity index (χ1v) is 9.26. The molecule has 0 bridgehead atoms. The highest BCUT2D eigenvalue weighted by Crippen LogP contribution is 2.35. The maximum atomic E-state index is 12.4. The molecule has 1 N–H and O–H groups in total. The van der Waals surface area contributed by atoms with Gasteiger partial charge in [-0.3, -0.25) is 0 Å². The number of benzene rings is 2. The summed E-state index contributed by atoms with van der Waals surface area (Å²) in [5.74, 6) is 2.63. The Balaban J connectivity index is 1.57. The van der Waals surface area contributed by atoms with E-state index in [1.165, 1.54) is 32.4 Å². The molecule has 2 aromatic carbocycles.